The van der Waals surface area contributed by atoms with Gasteiger partial charge in [-0.05, 0) is 52.9 Å². The summed E-state index contributed by atoms with van der Waals surface area (Å²) in [6.45, 7) is 7.11. The molecule has 0 spiro atoms. The van der Waals surface area contributed by atoms with Crippen molar-refractivity contribution in [3.63, 3.8) is 0 Å². The smallest absolute Gasteiger partial charge is 0.0273 e. The van der Waals surface area contributed by atoms with Crippen LogP contribution in [0.1, 0.15) is 32.8 Å². The van der Waals surface area contributed by atoms with Gasteiger partial charge in [-0.2, -0.15) is 0 Å². The molecule has 0 bridgehead atoms. The predicted octanol–water partition coefficient (Wildman–Crippen LogP) is 3.78. The molecule has 1 nitrogen and oxygen atoms in total. The first-order valence-corrected chi connectivity index (χ1v) is 6.18. The van der Waals surface area contributed by atoms with Crippen molar-refractivity contribution in [3.8, 4) is 0 Å². The van der Waals surface area contributed by atoms with Crippen LogP contribution in [0.5, 0.6) is 0 Å². The molecule has 2 aliphatic rings. The maximum atomic E-state index is 4.07. The number of hydrogen-bond donors (Lipinski definition) is 0. The van der Waals surface area contributed by atoms with Crippen LogP contribution in [0, 0.1) is 23.2 Å². The van der Waals surface area contributed by atoms with Gasteiger partial charge in [0.05, 0.1) is 0 Å². The summed E-state index contributed by atoms with van der Waals surface area (Å²) in [6, 6.07) is 4.26. The van der Waals surface area contributed by atoms with Crippen LogP contribution in [0.3, 0.4) is 0 Å². The van der Waals surface area contributed by atoms with Crippen LogP contribution in [-0.4, -0.2) is 4.98 Å². The summed E-state index contributed by atoms with van der Waals surface area (Å²) in [5.41, 5.74) is 3.39. The normalized spacial score (nSPS) is 32.2. The predicted molar refractivity (Wildman–Crippen MR) is 66.8 cm³/mol. The van der Waals surface area contributed by atoms with E-state index < -0.39 is 0 Å². The zero-order valence-electron chi connectivity index (χ0n) is 10.3. The van der Waals surface area contributed by atoms with E-state index in [9.17, 15) is 0 Å². The van der Waals surface area contributed by atoms with Crippen molar-refractivity contribution in [1.29, 1.82) is 0 Å². The van der Waals surface area contributed by atoms with E-state index in [1.54, 1.807) is 0 Å². The third-order valence-electron chi connectivity index (χ3n) is 4.13. The highest BCUT2D eigenvalue weighted by molar-refractivity contribution is 5.69. The first-order chi connectivity index (χ1) is 7.57. The Kier molecular flexibility index (Phi) is 2.01. The highest BCUT2D eigenvalue weighted by Gasteiger charge is 2.56. The Morgan fingerprint density at radius 3 is 2.38 bits per heavy atom. The molecule has 3 atom stereocenters. The molecule has 1 saturated carbocycles. The molecule has 84 valence electrons. The number of aromatic nitrogens is 1. The van der Waals surface area contributed by atoms with Crippen LogP contribution in [0.15, 0.2) is 30.6 Å². The number of pyridine rings is 1. The molecule has 3 unspecified atom stereocenters. The molecule has 0 aliphatic heterocycles. The van der Waals surface area contributed by atoms with E-state index >= 15 is 0 Å². The van der Waals surface area contributed by atoms with Crippen molar-refractivity contribution in [2.45, 2.75) is 27.2 Å². The van der Waals surface area contributed by atoms with Gasteiger partial charge in [0.2, 0.25) is 0 Å². The Labute approximate surface area is 97.6 Å². The Hall–Kier alpha value is -1.11. The fourth-order valence-corrected chi connectivity index (χ4v) is 3.44. The molecular formula is C15H19N. The zero-order valence-corrected chi connectivity index (χ0v) is 10.3. The average molecular weight is 213 g/mol. The third kappa shape index (κ3) is 1.50. The van der Waals surface area contributed by atoms with Gasteiger partial charge in [-0.25, -0.2) is 0 Å². The molecule has 0 radical (unpaired) electrons. The summed E-state index contributed by atoms with van der Waals surface area (Å²) >= 11 is 0. The summed E-state index contributed by atoms with van der Waals surface area (Å²) in [7, 11) is 0. The molecule has 1 heteroatoms. The lowest BCUT2D eigenvalue weighted by Crippen LogP contribution is -2.11. The lowest BCUT2D eigenvalue weighted by molar-refractivity contribution is 0.322. The van der Waals surface area contributed by atoms with E-state index in [0.717, 1.165) is 17.8 Å². The summed E-state index contributed by atoms with van der Waals surface area (Å²) in [4.78, 5) is 4.07. The lowest BCUT2D eigenvalue weighted by Gasteiger charge is -2.20. The molecule has 0 amide bonds. The largest absolute Gasteiger partial charge is 0.265 e. The summed E-state index contributed by atoms with van der Waals surface area (Å²) < 4.78 is 0. The fourth-order valence-electron chi connectivity index (χ4n) is 3.44. The molecule has 1 aromatic rings. The maximum Gasteiger partial charge on any atom is 0.0273 e. The first-order valence-electron chi connectivity index (χ1n) is 6.18. The van der Waals surface area contributed by atoms with Crippen LogP contribution in [0.25, 0.3) is 5.57 Å². The van der Waals surface area contributed by atoms with E-state index in [-0.39, 0.29) is 0 Å². The van der Waals surface area contributed by atoms with E-state index in [0.29, 0.717) is 5.41 Å². The van der Waals surface area contributed by atoms with Gasteiger partial charge >= 0.3 is 0 Å². The minimum absolute atomic E-state index is 0.482. The van der Waals surface area contributed by atoms with Gasteiger partial charge in [-0.1, -0.05) is 26.8 Å². The van der Waals surface area contributed by atoms with Gasteiger partial charge in [0, 0.05) is 12.4 Å². The van der Waals surface area contributed by atoms with Gasteiger partial charge in [-0.3, -0.25) is 4.98 Å². The minimum atomic E-state index is 0.482. The van der Waals surface area contributed by atoms with Crippen LogP contribution in [0.4, 0.5) is 0 Å². The number of fused-ring (bicyclic) bond motifs is 1. The minimum Gasteiger partial charge on any atom is -0.265 e. The van der Waals surface area contributed by atoms with Gasteiger partial charge in [0.15, 0.2) is 0 Å². The lowest BCUT2D eigenvalue weighted by atomic mass is 9.85. The van der Waals surface area contributed by atoms with Crippen molar-refractivity contribution in [2.24, 2.45) is 23.2 Å². The molecule has 1 aromatic heterocycles. The van der Waals surface area contributed by atoms with Crippen LogP contribution < -0.4 is 0 Å². The van der Waals surface area contributed by atoms with Gasteiger partial charge in [0.25, 0.3) is 0 Å². The van der Waals surface area contributed by atoms with Crippen molar-refractivity contribution >= 4 is 5.57 Å². The molecule has 3 rings (SSSR count). The summed E-state index contributed by atoms with van der Waals surface area (Å²) in [5, 5.41) is 0. The van der Waals surface area contributed by atoms with Gasteiger partial charge in [0.1, 0.15) is 0 Å². The molecule has 0 N–H and O–H groups in total. The Bertz CT molecular complexity index is 424. The number of nitrogens with zero attached hydrogens (tertiary/aromatic N) is 1. The monoisotopic (exact) mass is 213 g/mol. The zero-order chi connectivity index (χ0) is 11.3. The highest BCUT2D eigenvalue weighted by atomic mass is 14.6. The molecular weight excluding hydrogens is 194 g/mol. The molecule has 2 aliphatic carbocycles. The second-order valence-corrected chi connectivity index (χ2v) is 6.26. The van der Waals surface area contributed by atoms with E-state index in [2.05, 4.69) is 44.0 Å². The second kappa shape index (κ2) is 3.19. The standard InChI is InChI=1S/C15H19N/c1-15(2,3)14-12-8-11(9-13(12)14)10-4-6-16-7-5-10/h4-8,12-14H,9H2,1-3H3. The average Bonchev–Trinajstić information content (AvgIpc) is 2.78. The van der Waals surface area contributed by atoms with Crippen molar-refractivity contribution < 1.29 is 0 Å². The molecule has 16 heavy (non-hydrogen) atoms. The Morgan fingerprint density at radius 2 is 1.88 bits per heavy atom. The van der Waals surface area contributed by atoms with E-state index in [1.165, 1.54) is 17.6 Å². The van der Waals surface area contributed by atoms with Crippen molar-refractivity contribution in [1.82, 2.24) is 4.98 Å². The Balaban J connectivity index is 1.79. The van der Waals surface area contributed by atoms with E-state index in [1.807, 2.05) is 12.4 Å². The highest BCUT2D eigenvalue weighted by Crippen LogP contribution is 2.64. The number of rotatable bonds is 1. The quantitative estimate of drug-likeness (QED) is 0.692. The summed E-state index contributed by atoms with van der Waals surface area (Å²) in [6.07, 6.45) is 7.56. The SMILES string of the molecule is CC(C)(C)C1C2C=C(c3ccncc3)CC21. The summed E-state index contributed by atoms with van der Waals surface area (Å²) in [5.74, 6) is 2.68. The number of allylic oxidation sites excluding steroid dienone is 2. The fraction of sp³-hybridized carbons (Fsp3) is 0.533. The first kappa shape index (κ1) is 10.1. The van der Waals surface area contributed by atoms with Gasteiger partial charge in [-0.15, -0.1) is 0 Å². The molecule has 1 heterocycles. The third-order valence-corrected chi connectivity index (χ3v) is 4.13. The van der Waals surface area contributed by atoms with Crippen molar-refractivity contribution in [3.05, 3.63) is 36.2 Å². The topological polar surface area (TPSA) is 12.9 Å². The van der Waals surface area contributed by atoms with Crippen LogP contribution >= 0.6 is 0 Å². The molecule has 1 fully saturated rings. The number of hydrogen-bond acceptors (Lipinski definition) is 1. The van der Waals surface area contributed by atoms with Crippen molar-refractivity contribution in [2.75, 3.05) is 0 Å². The molecule has 0 aromatic carbocycles. The maximum absolute atomic E-state index is 4.07. The van der Waals surface area contributed by atoms with Crippen LogP contribution in [-0.2, 0) is 0 Å². The van der Waals surface area contributed by atoms with Crippen LogP contribution in [0.2, 0.25) is 0 Å². The second-order valence-electron chi connectivity index (χ2n) is 6.26. The Morgan fingerprint density at radius 1 is 1.19 bits per heavy atom. The van der Waals surface area contributed by atoms with E-state index in [4.69, 9.17) is 0 Å². The molecule has 0 saturated heterocycles. The van der Waals surface area contributed by atoms with Gasteiger partial charge < -0.3 is 0 Å².